The topological polar surface area (TPSA) is 52.7 Å². The van der Waals surface area contributed by atoms with Crippen LogP contribution in [0.15, 0.2) is 24.3 Å². The third-order valence-electron chi connectivity index (χ3n) is 4.93. The van der Waals surface area contributed by atoms with Crippen LogP contribution < -0.4 is 10.2 Å². The van der Waals surface area contributed by atoms with Crippen molar-refractivity contribution in [1.82, 2.24) is 10.2 Å². The van der Waals surface area contributed by atoms with Gasteiger partial charge in [-0.2, -0.15) is 0 Å². The average Bonchev–Trinajstić information content (AvgIpc) is 3.39. The molecule has 0 spiro atoms. The summed E-state index contributed by atoms with van der Waals surface area (Å²) in [5.41, 5.74) is 2.13. The molecule has 0 aromatic heterocycles. The molecule has 1 saturated carbocycles. The number of urea groups is 1. The van der Waals surface area contributed by atoms with Gasteiger partial charge in [0.15, 0.2) is 0 Å². The summed E-state index contributed by atoms with van der Waals surface area (Å²) in [6.45, 7) is 6.06. The summed E-state index contributed by atoms with van der Waals surface area (Å²) >= 11 is 0. The van der Waals surface area contributed by atoms with Crippen molar-refractivity contribution in [3.63, 3.8) is 0 Å². The molecule has 1 aromatic carbocycles. The van der Waals surface area contributed by atoms with Crippen molar-refractivity contribution in [3.8, 4) is 0 Å². The molecule has 1 N–H and O–H groups in total. The van der Waals surface area contributed by atoms with Crippen LogP contribution in [-0.4, -0.2) is 42.5 Å². The molecule has 130 valence electrons. The predicted molar refractivity (Wildman–Crippen MR) is 95.1 cm³/mol. The minimum Gasteiger partial charge on any atom is -0.335 e. The summed E-state index contributed by atoms with van der Waals surface area (Å²) in [4.78, 5) is 28.7. The fraction of sp³-hybridized carbons (Fsp3) is 0.579. The smallest absolute Gasteiger partial charge is 0.317 e. The minimum absolute atomic E-state index is 0.00966. The molecule has 1 aliphatic heterocycles. The first kappa shape index (κ1) is 16.8. The molecule has 0 unspecified atom stereocenters. The lowest BCUT2D eigenvalue weighted by Crippen LogP contribution is -2.48. The highest BCUT2D eigenvalue weighted by molar-refractivity contribution is 5.95. The second-order valence-corrected chi connectivity index (χ2v) is 6.91. The van der Waals surface area contributed by atoms with Gasteiger partial charge in [-0.1, -0.05) is 12.1 Å². The minimum atomic E-state index is 0.00966. The van der Waals surface area contributed by atoms with Crippen molar-refractivity contribution in [2.45, 2.75) is 45.6 Å². The Labute approximate surface area is 144 Å². The highest BCUT2D eigenvalue weighted by Crippen LogP contribution is 2.25. The van der Waals surface area contributed by atoms with Gasteiger partial charge in [-0.25, -0.2) is 4.79 Å². The molecular weight excluding hydrogens is 302 g/mol. The van der Waals surface area contributed by atoms with E-state index in [9.17, 15) is 9.59 Å². The van der Waals surface area contributed by atoms with Gasteiger partial charge < -0.3 is 15.1 Å². The van der Waals surface area contributed by atoms with E-state index < -0.39 is 0 Å². The molecule has 2 fully saturated rings. The van der Waals surface area contributed by atoms with Gasteiger partial charge in [0.25, 0.3) is 0 Å². The molecule has 1 saturated heterocycles. The summed E-state index contributed by atoms with van der Waals surface area (Å²) < 4.78 is 0. The molecule has 1 heterocycles. The monoisotopic (exact) mass is 329 g/mol. The van der Waals surface area contributed by atoms with Crippen molar-refractivity contribution >= 4 is 17.6 Å². The third kappa shape index (κ3) is 3.89. The van der Waals surface area contributed by atoms with Crippen LogP contribution in [-0.2, 0) is 4.79 Å². The van der Waals surface area contributed by atoms with Crippen molar-refractivity contribution in [2.24, 2.45) is 5.92 Å². The van der Waals surface area contributed by atoms with Crippen LogP contribution >= 0.6 is 0 Å². The fourth-order valence-corrected chi connectivity index (χ4v) is 3.31. The Bertz CT molecular complexity index is 604. The molecule has 2 aliphatic rings. The van der Waals surface area contributed by atoms with Crippen LogP contribution in [0.2, 0.25) is 0 Å². The zero-order chi connectivity index (χ0) is 17.1. The standard InChI is InChI=1S/C19H27N3O2/c1-3-22(17-6-4-5-14(2)13-17)18(23)15-9-11-21(12-10-15)19(24)20-16-7-8-16/h4-6,13,15-16H,3,7-12H2,1-2H3,(H,20,24). The third-order valence-corrected chi connectivity index (χ3v) is 4.93. The highest BCUT2D eigenvalue weighted by atomic mass is 16.2. The molecule has 0 radical (unpaired) electrons. The van der Waals surface area contributed by atoms with Crippen LogP contribution in [0, 0.1) is 12.8 Å². The lowest BCUT2D eigenvalue weighted by Gasteiger charge is -2.34. The molecule has 5 heteroatoms. The zero-order valence-corrected chi connectivity index (χ0v) is 14.6. The zero-order valence-electron chi connectivity index (χ0n) is 14.6. The van der Waals surface area contributed by atoms with Gasteiger partial charge in [0.05, 0.1) is 0 Å². The molecule has 3 rings (SSSR count). The lowest BCUT2D eigenvalue weighted by atomic mass is 9.95. The normalized spacial score (nSPS) is 18.3. The predicted octanol–water partition coefficient (Wildman–Crippen LogP) is 2.93. The number of hydrogen-bond donors (Lipinski definition) is 1. The Balaban J connectivity index is 1.58. The maximum absolute atomic E-state index is 12.9. The van der Waals surface area contributed by atoms with Gasteiger partial charge in [0.2, 0.25) is 5.91 Å². The van der Waals surface area contributed by atoms with Gasteiger partial charge >= 0.3 is 6.03 Å². The van der Waals surface area contributed by atoms with Crippen LogP contribution in [0.5, 0.6) is 0 Å². The molecule has 24 heavy (non-hydrogen) atoms. The Morgan fingerprint density at radius 1 is 1.21 bits per heavy atom. The van der Waals surface area contributed by atoms with E-state index in [2.05, 4.69) is 11.4 Å². The van der Waals surface area contributed by atoms with E-state index >= 15 is 0 Å². The Morgan fingerprint density at radius 3 is 2.50 bits per heavy atom. The van der Waals surface area contributed by atoms with Crippen molar-refractivity contribution in [1.29, 1.82) is 0 Å². The summed E-state index contributed by atoms with van der Waals surface area (Å²) in [7, 11) is 0. The number of amides is 3. The second-order valence-electron chi connectivity index (χ2n) is 6.91. The van der Waals surface area contributed by atoms with E-state index in [4.69, 9.17) is 0 Å². The summed E-state index contributed by atoms with van der Waals surface area (Å²) in [5.74, 6) is 0.195. The number of nitrogens with zero attached hydrogens (tertiary/aromatic N) is 2. The van der Waals surface area contributed by atoms with E-state index in [1.54, 1.807) is 0 Å². The summed E-state index contributed by atoms with van der Waals surface area (Å²) in [6, 6.07) is 8.50. The number of carbonyl (C=O) groups excluding carboxylic acids is 2. The molecular formula is C19H27N3O2. The molecule has 1 aliphatic carbocycles. The molecule has 0 bridgehead atoms. The van der Waals surface area contributed by atoms with E-state index in [0.717, 1.165) is 36.9 Å². The summed E-state index contributed by atoms with van der Waals surface area (Å²) in [5, 5.41) is 3.03. The van der Waals surface area contributed by atoms with Gasteiger partial charge in [-0.05, 0) is 57.2 Å². The van der Waals surface area contributed by atoms with Crippen LogP contribution in [0.25, 0.3) is 0 Å². The number of likely N-dealkylation sites (tertiary alicyclic amines) is 1. The molecule has 3 amide bonds. The number of aryl methyl sites for hydroxylation is 1. The largest absolute Gasteiger partial charge is 0.335 e. The lowest BCUT2D eigenvalue weighted by molar-refractivity contribution is -0.123. The van der Waals surface area contributed by atoms with Crippen LogP contribution in [0.4, 0.5) is 10.5 Å². The fourth-order valence-electron chi connectivity index (χ4n) is 3.31. The number of hydrogen-bond acceptors (Lipinski definition) is 2. The Morgan fingerprint density at radius 2 is 1.92 bits per heavy atom. The maximum atomic E-state index is 12.9. The van der Waals surface area contributed by atoms with Gasteiger partial charge in [-0.15, -0.1) is 0 Å². The van der Waals surface area contributed by atoms with Gasteiger partial charge in [-0.3, -0.25) is 4.79 Å². The first-order valence-electron chi connectivity index (χ1n) is 9.02. The maximum Gasteiger partial charge on any atom is 0.317 e. The van der Waals surface area contributed by atoms with Gasteiger partial charge in [0.1, 0.15) is 0 Å². The van der Waals surface area contributed by atoms with Gasteiger partial charge in [0, 0.05) is 37.3 Å². The van der Waals surface area contributed by atoms with E-state index in [-0.39, 0.29) is 17.9 Å². The van der Waals surface area contributed by atoms with Crippen molar-refractivity contribution in [2.75, 3.05) is 24.5 Å². The quantitative estimate of drug-likeness (QED) is 0.923. The number of rotatable bonds is 4. The second kappa shape index (κ2) is 7.24. The number of carbonyl (C=O) groups is 2. The van der Waals surface area contributed by atoms with Crippen molar-refractivity contribution in [3.05, 3.63) is 29.8 Å². The van der Waals surface area contributed by atoms with Crippen LogP contribution in [0.3, 0.4) is 0 Å². The number of benzene rings is 1. The molecule has 1 aromatic rings. The number of piperidine rings is 1. The van der Waals surface area contributed by atoms with E-state index in [0.29, 0.717) is 25.7 Å². The summed E-state index contributed by atoms with van der Waals surface area (Å²) in [6.07, 6.45) is 3.70. The highest BCUT2D eigenvalue weighted by Gasteiger charge is 2.32. The van der Waals surface area contributed by atoms with E-state index in [1.165, 1.54) is 0 Å². The number of anilines is 1. The van der Waals surface area contributed by atoms with E-state index in [1.807, 2.05) is 41.8 Å². The SMILES string of the molecule is CCN(C(=O)C1CCN(C(=O)NC2CC2)CC1)c1cccc(C)c1. The first-order valence-corrected chi connectivity index (χ1v) is 9.02. The Kier molecular flexibility index (Phi) is 5.07. The molecule has 0 atom stereocenters. The molecule has 5 nitrogen and oxygen atoms in total. The average molecular weight is 329 g/mol. The van der Waals surface area contributed by atoms with Crippen LogP contribution in [0.1, 0.15) is 38.2 Å². The first-order chi connectivity index (χ1) is 11.6. The number of nitrogens with one attached hydrogen (secondary N) is 1. The Hall–Kier alpha value is -2.04. The van der Waals surface area contributed by atoms with Crippen molar-refractivity contribution < 1.29 is 9.59 Å².